The van der Waals surface area contributed by atoms with Crippen molar-refractivity contribution in [3.63, 3.8) is 0 Å². The molecule has 0 saturated heterocycles. The number of fused-ring (bicyclic) bond motifs is 1. The van der Waals surface area contributed by atoms with Gasteiger partial charge >= 0.3 is 6.09 Å². The van der Waals surface area contributed by atoms with Crippen LogP contribution in [0.25, 0.3) is 10.8 Å². The van der Waals surface area contributed by atoms with Crippen LogP contribution >= 0.6 is 0 Å². The van der Waals surface area contributed by atoms with Crippen molar-refractivity contribution in [3.8, 4) is 0 Å². The second kappa shape index (κ2) is 16.9. The molecular formula is C34H45N3O5. The summed E-state index contributed by atoms with van der Waals surface area (Å²) < 4.78 is 5.39. The van der Waals surface area contributed by atoms with Gasteiger partial charge in [-0.2, -0.15) is 0 Å². The molecule has 3 amide bonds. The largest absolute Gasteiger partial charge is 0.445 e. The Morgan fingerprint density at radius 3 is 1.98 bits per heavy atom. The summed E-state index contributed by atoms with van der Waals surface area (Å²) in [4.78, 5) is 51.2. The zero-order chi connectivity index (χ0) is 29.8. The van der Waals surface area contributed by atoms with Gasteiger partial charge in [-0.25, -0.2) is 4.79 Å². The molecular weight excluding hydrogens is 530 g/mol. The number of alkyl carbamates (subject to hydrolysis) is 1. The van der Waals surface area contributed by atoms with Crippen LogP contribution in [0.4, 0.5) is 4.79 Å². The second-order valence-electron chi connectivity index (χ2n) is 11.2. The molecule has 0 radical (unpaired) electrons. The molecule has 3 N–H and O–H groups in total. The summed E-state index contributed by atoms with van der Waals surface area (Å²) in [6.07, 6.45) is 1.04. The summed E-state index contributed by atoms with van der Waals surface area (Å²) in [7, 11) is 0. The van der Waals surface area contributed by atoms with Gasteiger partial charge in [0.05, 0.1) is 6.04 Å². The molecule has 3 aromatic rings. The molecule has 3 rings (SSSR count). The minimum atomic E-state index is -1.00. The molecule has 0 aromatic heterocycles. The standard InChI is InChI=1S/C33H41N3O5.CH4/c1-22(2)16-28(20-37)34-31(38)29(17-23(3)4)35-32(39)30(36-33(40)41-21-24-10-6-5-7-11-24)19-25-14-15-26-12-8-9-13-27(26)18-25;/h5-15,18,20,22-23,28-30H,16-17,19,21H2,1-4H3,(H,34,38)(H,35,39)(H,36,40);1H4/t28-,29-,30-;/m0./s1. The molecule has 3 atom stereocenters. The Balaban J connectivity index is 0.00000616. The van der Waals surface area contributed by atoms with E-state index < -0.39 is 36.0 Å². The maximum Gasteiger partial charge on any atom is 0.408 e. The van der Waals surface area contributed by atoms with E-state index in [0.29, 0.717) is 12.8 Å². The molecule has 0 fully saturated rings. The highest BCUT2D eigenvalue weighted by Gasteiger charge is 2.29. The van der Waals surface area contributed by atoms with Gasteiger partial charge in [0.1, 0.15) is 25.0 Å². The second-order valence-corrected chi connectivity index (χ2v) is 11.2. The van der Waals surface area contributed by atoms with Crippen molar-refractivity contribution in [2.75, 3.05) is 0 Å². The fourth-order valence-electron chi connectivity index (χ4n) is 4.63. The van der Waals surface area contributed by atoms with Crippen molar-refractivity contribution in [3.05, 3.63) is 83.9 Å². The van der Waals surface area contributed by atoms with Crippen LogP contribution in [0.5, 0.6) is 0 Å². The first-order valence-electron chi connectivity index (χ1n) is 14.2. The summed E-state index contributed by atoms with van der Waals surface area (Å²) in [5.41, 5.74) is 1.66. The van der Waals surface area contributed by atoms with Gasteiger partial charge < -0.3 is 25.5 Å². The lowest BCUT2D eigenvalue weighted by molar-refractivity contribution is -0.131. The maximum atomic E-state index is 13.6. The quantitative estimate of drug-likeness (QED) is 0.217. The van der Waals surface area contributed by atoms with E-state index >= 15 is 0 Å². The molecule has 3 aromatic carbocycles. The number of carbonyl (C=O) groups excluding carboxylic acids is 4. The summed E-state index contributed by atoms with van der Waals surface area (Å²) >= 11 is 0. The molecule has 8 nitrogen and oxygen atoms in total. The summed E-state index contributed by atoms with van der Waals surface area (Å²) in [6.45, 7) is 7.89. The van der Waals surface area contributed by atoms with Crippen LogP contribution < -0.4 is 16.0 Å². The topological polar surface area (TPSA) is 114 Å². The number of nitrogens with one attached hydrogen (secondary N) is 3. The first kappa shape index (κ1) is 34.0. The molecule has 226 valence electrons. The number of amides is 3. The van der Waals surface area contributed by atoms with E-state index in [2.05, 4.69) is 16.0 Å². The van der Waals surface area contributed by atoms with Crippen molar-refractivity contribution in [2.45, 2.75) is 79.1 Å². The van der Waals surface area contributed by atoms with Gasteiger partial charge in [0.2, 0.25) is 11.8 Å². The van der Waals surface area contributed by atoms with Crippen molar-refractivity contribution in [2.24, 2.45) is 11.8 Å². The average Bonchev–Trinajstić information content (AvgIpc) is 2.95. The Kier molecular flexibility index (Phi) is 13.7. The van der Waals surface area contributed by atoms with Crippen LogP contribution in [0.1, 0.15) is 59.1 Å². The smallest absolute Gasteiger partial charge is 0.408 e. The number of ether oxygens (including phenoxy) is 1. The van der Waals surface area contributed by atoms with Crippen molar-refractivity contribution in [1.29, 1.82) is 0 Å². The Hall–Kier alpha value is -4.20. The molecule has 0 saturated carbocycles. The van der Waals surface area contributed by atoms with Gasteiger partial charge in [0.15, 0.2) is 0 Å². The maximum absolute atomic E-state index is 13.6. The Morgan fingerprint density at radius 1 is 0.714 bits per heavy atom. The van der Waals surface area contributed by atoms with Gasteiger partial charge in [-0.1, -0.05) is 108 Å². The molecule has 0 heterocycles. The molecule has 0 unspecified atom stereocenters. The summed E-state index contributed by atoms with van der Waals surface area (Å²) in [5.74, 6) is -0.641. The first-order valence-corrected chi connectivity index (χ1v) is 14.2. The molecule has 0 spiro atoms. The van der Waals surface area contributed by atoms with Crippen LogP contribution in [0.2, 0.25) is 0 Å². The number of hydrogen-bond donors (Lipinski definition) is 3. The minimum Gasteiger partial charge on any atom is -0.445 e. The lowest BCUT2D eigenvalue weighted by Crippen LogP contribution is -2.56. The number of carbonyl (C=O) groups is 4. The van der Waals surface area contributed by atoms with Gasteiger partial charge in [-0.05, 0) is 46.6 Å². The predicted molar refractivity (Wildman–Crippen MR) is 167 cm³/mol. The Labute approximate surface area is 249 Å². The highest BCUT2D eigenvalue weighted by molar-refractivity contribution is 5.92. The summed E-state index contributed by atoms with van der Waals surface area (Å²) in [5, 5.41) is 10.4. The zero-order valence-corrected chi connectivity index (χ0v) is 24.3. The minimum absolute atomic E-state index is 0. The van der Waals surface area contributed by atoms with Crippen molar-refractivity contribution >= 4 is 35.0 Å². The number of rotatable bonds is 14. The third kappa shape index (κ3) is 11.0. The third-order valence-electron chi connectivity index (χ3n) is 6.63. The van der Waals surface area contributed by atoms with Gasteiger partial charge in [-0.3, -0.25) is 9.59 Å². The van der Waals surface area contributed by atoms with E-state index in [1.165, 1.54) is 0 Å². The molecule has 0 aliphatic rings. The third-order valence-corrected chi connectivity index (χ3v) is 6.63. The van der Waals surface area contributed by atoms with Crippen LogP contribution in [-0.2, 0) is 32.1 Å². The van der Waals surface area contributed by atoms with E-state index in [0.717, 1.165) is 28.2 Å². The van der Waals surface area contributed by atoms with E-state index in [1.54, 1.807) is 0 Å². The number of benzene rings is 3. The molecule has 0 aliphatic heterocycles. The molecule has 0 bridgehead atoms. The first-order chi connectivity index (χ1) is 19.6. The van der Waals surface area contributed by atoms with Crippen LogP contribution in [0.15, 0.2) is 72.8 Å². The molecule has 0 aliphatic carbocycles. The Morgan fingerprint density at radius 2 is 1.33 bits per heavy atom. The lowest BCUT2D eigenvalue weighted by Gasteiger charge is -2.25. The van der Waals surface area contributed by atoms with E-state index in [4.69, 9.17) is 4.74 Å². The van der Waals surface area contributed by atoms with Crippen molar-refractivity contribution in [1.82, 2.24) is 16.0 Å². The van der Waals surface area contributed by atoms with E-state index in [9.17, 15) is 19.2 Å². The predicted octanol–water partition coefficient (Wildman–Crippen LogP) is 5.57. The lowest BCUT2D eigenvalue weighted by atomic mass is 9.99. The fourth-order valence-corrected chi connectivity index (χ4v) is 4.63. The highest BCUT2D eigenvalue weighted by atomic mass is 16.5. The van der Waals surface area contributed by atoms with Gasteiger partial charge in [0, 0.05) is 6.42 Å². The van der Waals surface area contributed by atoms with Gasteiger partial charge in [0.25, 0.3) is 0 Å². The molecule has 42 heavy (non-hydrogen) atoms. The highest BCUT2D eigenvalue weighted by Crippen LogP contribution is 2.17. The average molecular weight is 576 g/mol. The van der Waals surface area contributed by atoms with Crippen LogP contribution in [0, 0.1) is 11.8 Å². The number of hydrogen-bond acceptors (Lipinski definition) is 5. The normalized spacial score (nSPS) is 13.0. The SMILES string of the molecule is C.CC(C)C[C@@H](C=O)NC(=O)[C@H](CC(C)C)NC(=O)[C@H](Cc1ccc2ccccc2c1)NC(=O)OCc1ccccc1. The van der Waals surface area contributed by atoms with Crippen LogP contribution in [0.3, 0.4) is 0 Å². The van der Waals surface area contributed by atoms with Gasteiger partial charge in [-0.15, -0.1) is 0 Å². The fraction of sp³-hybridized carbons (Fsp3) is 0.412. The zero-order valence-electron chi connectivity index (χ0n) is 24.3. The van der Waals surface area contributed by atoms with E-state index in [1.807, 2.05) is 100 Å². The molecule has 8 heteroatoms. The Bertz CT molecular complexity index is 1310. The monoisotopic (exact) mass is 575 g/mol. The van der Waals surface area contributed by atoms with Crippen LogP contribution in [-0.4, -0.2) is 42.3 Å². The number of aldehydes is 1. The summed E-state index contributed by atoms with van der Waals surface area (Å²) in [6, 6.07) is 20.5. The van der Waals surface area contributed by atoms with E-state index in [-0.39, 0.29) is 32.3 Å². The van der Waals surface area contributed by atoms with Crippen molar-refractivity contribution < 1.29 is 23.9 Å².